The van der Waals surface area contributed by atoms with Gasteiger partial charge in [0.25, 0.3) is 0 Å². The molecule has 0 fully saturated rings. The van der Waals surface area contributed by atoms with Gasteiger partial charge in [-0.25, -0.2) is 9.59 Å². The Kier molecular flexibility index (Phi) is 7.38. The molecule has 0 amide bonds. The molecule has 0 N–H and O–H groups in total. The van der Waals surface area contributed by atoms with Gasteiger partial charge in [-0.2, -0.15) is 0 Å². The van der Waals surface area contributed by atoms with Crippen molar-refractivity contribution in [1.82, 2.24) is 0 Å². The van der Waals surface area contributed by atoms with Crippen molar-refractivity contribution in [3.8, 4) is 0 Å². The van der Waals surface area contributed by atoms with E-state index in [-0.39, 0.29) is 13.0 Å². The van der Waals surface area contributed by atoms with Crippen LogP contribution in [0.3, 0.4) is 0 Å². The maximum Gasteiger partial charge on any atom is 0.509 e. The van der Waals surface area contributed by atoms with Crippen molar-refractivity contribution in [2.75, 3.05) is 6.61 Å². The molecule has 0 spiro atoms. The van der Waals surface area contributed by atoms with Gasteiger partial charge in [-0.1, -0.05) is 67.2 Å². The fraction of sp³-hybridized carbons (Fsp3) is 0.304. The zero-order valence-electron chi connectivity index (χ0n) is 16.5. The largest absolute Gasteiger partial charge is 0.509 e. The number of hydrogen-bond acceptors (Lipinski definition) is 5. The third kappa shape index (κ3) is 5.22. The zero-order chi connectivity index (χ0) is 20.6. The Morgan fingerprint density at radius 2 is 1.50 bits per heavy atom. The third-order valence-electron chi connectivity index (χ3n) is 4.23. The molecule has 28 heavy (non-hydrogen) atoms. The van der Waals surface area contributed by atoms with Crippen molar-refractivity contribution >= 4 is 12.1 Å². The van der Waals surface area contributed by atoms with Gasteiger partial charge in [-0.3, -0.25) is 0 Å². The Balaban J connectivity index is 2.51. The summed E-state index contributed by atoms with van der Waals surface area (Å²) in [6, 6.07) is 18.7. The molecule has 1 unspecified atom stereocenters. The predicted octanol–water partition coefficient (Wildman–Crippen LogP) is 5.00. The minimum Gasteiger partial charge on any atom is -0.459 e. The zero-order valence-corrected chi connectivity index (χ0v) is 16.5. The summed E-state index contributed by atoms with van der Waals surface area (Å²) >= 11 is 0. The Morgan fingerprint density at radius 1 is 1.00 bits per heavy atom. The standard InChI is InChI=1S/C23H26O5/c1-5-26-22(25)28-23(19-12-8-6-9-13-19,20-14-10-7-11-15-20)16-18(4)27-21(24)17(2)3/h6-15,18H,2,5,16H2,1,3-4H3. The minimum atomic E-state index is -1.18. The molecule has 0 aromatic heterocycles. The van der Waals surface area contributed by atoms with Crippen LogP contribution >= 0.6 is 0 Å². The van der Waals surface area contributed by atoms with Crippen LogP contribution in [0.4, 0.5) is 4.79 Å². The highest BCUT2D eigenvalue weighted by molar-refractivity contribution is 5.87. The summed E-state index contributed by atoms with van der Waals surface area (Å²) in [5.41, 5.74) is 0.645. The lowest BCUT2D eigenvalue weighted by molar-refractivity contribution is -0.146. The minimum absolute atomic E-state index is 0.193. The van der Waals surface area contributed by atoms with Gasteiger partial charge in [0.2, 0.25) is 0 Å². The quantitative estimate of drug-likeness (QED) is 0.475. The molecule has 0 aliphatic rings. The molecule has 2 aromatic carbocycles. The second kappa shape index (κ2) is 9.74. The topological polar surface area (TPSA) is 61.8 Å². The molecule has 2 rings (SSSR count). The first-order valence-corrected chi connectivity index (χ1v) is 9.22. The van der Waals surface area contributed by atoms with E-state index in [2.05, 4.69) is 6.58 Å². The van der Waals surface area contributed by atoms with E-state index in [1.54, 1.807) is 20.8 Å². The van der Waals surface area contributed by atoms with Crippen LogP contribution in [0.2, 0.25) is 0 Å². The average molecular weight is 382 g/mol. The summed E-state index contributed by atoms with van der Waals surface area (Å²) in [6.07, 6.45) is -1.11. The Bertz CT molecular complexity index is 759. The molecule has 5 heteroatoms. The molecule has 0 heterocycles. The van der Waals surface area contributed by atoms with Crippen molar-refractivity contribution in [2.24, 2.45) is 0 Å². The van der Waals surface area contributed by atoms with Crippen LogP contribution in [0, 0.1) is 0 Å². The summed E-state index contributed by atoms with van der Waals surface area (Å²) in [6.45, 7) is 8.87. The van der Waals surface area contributed by atoms with E-state index in [9.17, 15) is 9.59 Å². The number of hydrogen-bond donors (Lipinski definition) is 0. The summed E-state index contributed by atoms with van der Waals surface area (Å²) in [4.78, 5) is 24.3. The maximum atomic E-state index is 12.4. The van der Waals surface area contributed by atoms with Gasteiger partial charge >= 0.3 is 12.1 Å². The Hall–Kier alpha value is -3.08. The van der Waals surface area contributed by atoms with E-state index in [1.807, 2.05) is 60.7 Å². The summed E-state index contributed by atoms with van der Waals surface area (Å²) < 4.78 is 16.4. The molecular weight excluding hydrogens is 356 g/mol. The van der Waals surface area contributed by atoms with Crippen LogP contribution < -0.4 is 0 Å². The van der Waals surface area contributed by atoms with Crippen LogP contribution in [0.5, 0.6) is 0 Å². The first kappa shape index (κ1) is 21.2. The number of rotatable bonds is 8. The Labute approximate surface area is 165 Å². The van der Waals surface area contributed by atoms with Gasteiger partial charge < -0.3 is 14.2 Å². The van der Waals surface area contributed by atoms with Gasteiger partial charge in [0.1, 0.15) is 6.10 Å². The van der Waals surface area contributed by atoms with E-state index in [1.165, 1.54) is 0 Å². The predicted molar refractivity (Wildman–Crippen MR) is 107 cm³/mol. The van der Waals surface area contributed by atoms with Crippen molar-refractivity contribution < 1.29 is 23.8 Å². The molecule has 5 nitrogen and oxygen atoms in total. The molecule has 0 aliphatic carbocycles. The van der Waals surface area contributed by atoms with Gasteiger partial charge in [0, 0.05) is 23.1 Å². The van der Waals surface area contributed by atoms with Crippen LogP contribution in [-0.4, -0.2) is 24.8 Å². The van der Waals surface area contributed by atoms with Crippen molar-refractivity contribution in [1.29, 1.82) is 0 Å². The van der Waals surface area contributed by atoms with E-state index in [4.69, 9.17) is 14.2 Å². The molecule has 0 aliphatic heterocycles. The molecular formula is C23H26O5. The molecule has 1 atom stereocenters. The lowest BCUT2D eigenvalue weighted by Crippen LogP contribution is -2.38. The lowest BCUT2D eigenvalue weighted by atomic mass is 9.81. The number of carbonyl (C=O) groups is 2. The van der Waals surface area contributed by atoms with Gasteiger partial charge in [-0.05, 0) is 20.8 Å². The fourth-order valence-corrected chi connectivity index (χ4v) is 3.00. The van der Waals surface area contributed by atoms with E-state index in [0.29, 0.717) is 5.57 Å². The monoisotopic (exact) mass is 382 g/mol. The molecule has 0 saturated carbocycles. The highest BCUT2D eigenvalue weighted by Crippen LogP contribution is 2.39. The summed E-state index contributed by atoms with van der Waals surface area (Å²) in [5.74, 6) is -0.487. The smallest absolute Gasteiger partial charge is 0.459 e. The summed E-state index contributed by atoms with van der Waals surface area (Å²) in [5, 5.41) is 0. The highest BCUT2D eigenvalue weighted by Gasteiger charge is 2.41. The van der Waals surface area contributed by atoms with Gasteiger partial charge in [-0.15, -0.1) is 0 Å². The normalized spacial score (nSPS) is 12.0. The first-order chi connectivity index (χ1) is 13.4. The second-order valence-electron chi connectivity index (χ2n) is 6.54. The first-order valence-electron chi connectivity index (χ1n) is 9.22. The van der Waals surface area contributed by atoms with E-state index < -0.39 is 23.8 Å². The number of carbonyl (C=O) groups excluding carboxylic acids is 2. The van der Waals surface area contributed by atoms with Crippen molar-refractivity contribution in [3.05, 3.63) is 83.9 Å². The second-order valence-corrected chi connectivity index (χ2v) is 6.54. The maximum absolute atomic E-state index is 12.4. The van der Waals surface area contributed by atoms with Gasteiger partial charge in [0.05, 0.1) is 6.61 Å². The van der Waals surface area contributed by atoms with E-state index in [0.717, 1.165) is 11.1 Å². The fourth-order valence-electron chi connectivity index (χ4n) is 3.00. The van der Waals surface area contributed by atoms with Crippen LogP contribution in [0.15, 0.2) is 72.8 Å². The third-order valence-corrected chi connectivity index (χ3v) is 4.23. The molecule has 2 aromatic rings. The average Bonchev–Trinajstić information content (AvgIpc) is 2.68. The molecule has 148 valence electrons. The summed E-state index contributed by atoms with van der Waals surface area (Å²) in [7, 11) is 0. The van der Waals surface area contributed by atoms with Gasteiger partial charge in [0.15, 0.2) is 5.60 Å². The van der Waals surface area contributed by atoms with Crippen LogP contribution in [0.1, 0.15) is 38.3 Å². The molecule has 0 saturated heterocycles. The highest BCUT2D eigenvalue weighted by atomic mass is 16.7. The van der Waals surface area contributed by atoms with Crippen LogP contribution in [-0.2, 0) is 24.6 Å². The molecule has 0 bridgehead atoms. The molecule has 0 radical (unpaired) electrons. The lowest BCUT2D eigenvalue weighted by Gasteiger charge is -2.36. The number of ether oxygens (including phenoxy) is 3. The van der Waals surface area contributed by atoms with Crippen LogP contribution in [0.25, 0.3) is 0 Å². The van der Waals surface area contributed by atoms with E-state index >= 15 is 0 Å². The Morgan fingerprint density at radius 3 is 1.93 bits per heavy atom. The van der Waals surface area contributed by atoms with Crippen molar-refractivity contribution in [2.45, 2.75) is 38.9 Å². The number of esters is 1. The van der Waals surface area contributed by atoms with Crippen molar-refractivity contribution in [3.63, 3.8) is 0 Å². The SMILES string of the molecule is C=C(C)C(=O)OC(C)CC(OC(=O)OCC)(c1ccccc1)c1ccccc1. The number of benzene rings is 2.